The first kappa shape index (κ1) is 20.7. The van der Waals surface area contributed by atoms with Gasteiger partial charge in [-0.3, -0.25) is 4.57 Å². The maximum Gasteiger partial charge on any atom is 0.225 e. The normalized spacial score (nSPS) is 19.8. The molecule has 1 aliphatic carbocycles. The van der Waals surface area contributed by atoms with E-state index >= 15 is 0 Å². The minimum atomic E-state index is -0.533. The van der Waals surface area contributed by atoms with Crippen LogP contribution in [0.5, 0.6) is 0 Å². The van der Waals surface area contributed by atoms with Crippen LogP contribution in [0.25, 0.3) is 11.2 Å². The molecule has 1 aliphatic heterocycles. The zero-order valence-corrected chi connectivity index (χ0v) is 18.4. The number of benzene rings is 1. The number of hydrogen-bond acceptors (Lipinski definition) is 6. The Morgan fingerprint density at radius 2 is 1.94 bits per heavy atom. The van der Waals surface area contributed by atoms with Crippen molar-refractivity contribution in [2.75, 3.05) is 23.8 Å². The summed E-state index contributed by atoms with van der Waals surface area (Å²) in [6, 6.07) is 3.15. The fraction of sp³-hybridized carbons (Fsp3) is 0.476. The van der Waals surface area contributed by atoms with E-state index in [1.54, 1.807) is 6.20 Å². The van der Waals surface area contributed by atoms with Gasteiger partial charge in [0.05, 0.1) is 29.6 Å². The Hall–Kier alpha value is -2.16. The van der Waals surface area contributed by atoms with Crippen molar-refractivity contribution in [1.82, 2.24) is 19.5 Å². The highest BCUT2D eigenvalue weighted by molar-refractivity contribution is 6.36. The third-order valence-electron chi connectivity index (χ3n) is 5.88. The zero-order chi connectivity index (χ0) is 21.4. The first-order valence-electron chi connectivity index (χ1n) is 10.6. The topological polar surface area (TPSA) is 76.9 Å². The van der Waals surface area contributed by atoms with Crippen molar-refractivity contribution < 1.29 is 9.13 Å². The summed E-state index contributed by atoms with van der Waals surface area (Å²) in [5, 5.41) is 6.87. The monoisotopic (exact) mass is 464 g/mol. The third kappa shape index (κ3) is 4.29. The van der Waals surface area contributed by atoms with Gasteiger partial charge in [0.15, 0.2) is 5.65 Å². The zero-order valence-electron chi connectivity index (χ0n) is 16.9. The van der Waals surface area contributed by atoms with Crippen LogP contribution < -0.4 is 10.6 Å². The fourth-order valence-corrected chi connectivity index (χ4v) is 4.85. The molecule has 10 heteroatoms. The maximum absolute atomic E-state index is 14.6. The molecule has 2 aromatic heterocycles. The molecule has 2 N–H and O–H groups in total. The Morgan fingerprint density at radius 3 is 2.68 bits per heavy atom. The van der Waals surface area contributed by atoms with E-state index in [0.29, 0.717) is 24.0 Å². The number of nitrogens with zero attached hydrogens (tertiary/aromatic N) is 4. The van der Waals surface area contributed by atoms with Crippen molar-refractivity contribution in [3.8, 4) is 0 Å². The summed E-state index contributed by atoms with van der Waals surface area (Å²) in [7, 11) is 0. The summed E-state index contributed by atoms with van der Waals surface area (Å²) in [5.41, 5.74) is 1.51. The molecule has 3 heterocycles. The molecular formula is C21H23Cl2FN6O. The van der Waals surface area contributed by atoms with Crippen molar-refractivity contribution in [1.29, 1.82) is 0 Å². The van der Waals surface area contributed by atoms with Crippen molar-refractivity contribution in [3.63, 3.8) is 0 Å². The van der Waals surface area contributed by atoms with Crippen LogP contribution in [0.3, 0.4) is 0 Å². The van der Waals surface area contributed by atoms with E-state index in [0.717, 1.165) is 44.4 Å². The van der Waals surface area contributed by atoms with Crippen LogP contribution in [0.1, 0.15) is 44.6 Å². The van der Waals surface area contributed by atoms with Gasteiger partial charge in [0.1, 0.15) is 11.3 Å². The van der Waals surface area contributed by atoms with Crippen LogP contribution in [-0.2, 0) is 4.74 Å². The second kappa shape index (κ2) is 8.76. The highest BCUT2D eigenvalue weighted by Gasteiger charge is 2.25. The first-order valence-corrected chi connectivity index (χ1v) is 11.3. The Labute approximate surface area is 189 Å². The predicted molar refractivity (Wildman–Crippen MR) is 120 cm³/mol. The van der Waals surface area contributed by atoms with Gasteiger partial charge >= 0.3 is 0 Å². The SMILES string of the molecule is Fc1cc(Cl)cc(Cl)c1Nc1nc2cnc(N[C@H]3CCOC3)nc2n1C1CCCCC1. The van der Waals surface area contributed by atoms with Gasteiger partial charge in [-0.05, 0) is 31.4 Å². The molecule has 164 valence electrons. The van der Waals surface area contributed by atoms with E-state index in [9.17, 15) is 4.39 Å². The number of nitrogens with one attached hydrogen (secondary N) is 2. The number of aromatic nitrogens is 4. The Morgan fingerprint density at radius 1 is 1.10 bits per heavy atom. The van der Waals surface area contributed by atoms with Crippen LogP contribution >= 0.6 is 23.2 Å². The van der Waals surface area contributed by atoms with Gasteiger partial charge in [0.25, 0.3) is 0 Å². The highest BCUT2D eigenvalue weighted by atomic mass is 35.5. The lowest BCUT2D eigenvalue weighted by Gasteiger charge is -2.25. The van der Waals surface area contributed by atoms with Gasteiger partial charge in [-0.1, -0.05) is 42.5 Å². The highest BCUT2D eigenvalue weighted by Crippen LogP contribution is 2.37. The molecule has 0 amide bonds. The van der Waals surface area contributed by atoms with Gasteiger partial charge in [-0.25, -0.2) is 14.4 Å². The molecule has 5 rings (SSSR count). The molecule has 1 aromatic carbocycles. The largest absolute Gasteiger partial charge is 0.379 e. The summed E-state index contributed by atoms with van der Waals surface area (Å²) in [6.07, 6.45) is 8.13. The number of ether oxygens (including phenoxy) is 1. The van der Waals surface area contributed by atoms with Crippen LogP contribution in [0.15, 0.2) is 18.3 Å². The lowest BCUT2D eigenvalue weighted by Crippen LogP contribution is -2.21. The number of fused-ring (bicyclic) bond motifs is 1. The second-order valence-corrected chi connectivity index (χ2v) is 8.92. The van der Waals surface area contributed by atoms with E-state index in [1.807, 2.05) is 0 Å². The van der Waals surface area contributed by atoms with Crippen molar-refractivity contribution >= 4 is 51.9 Å². The van der Waals surface area contributed by atoms with Crippen molar-refractivity contribution in [2.24, 2.45) is 0 Å². The molecule has 0 radical (unpaired) electrons. The Bertz CT molecular complexity index is 1070. The summed E-state index contributed by atoms with van der Waals surface area (Å²) in [4.78, 5) is 13.9. The lowest BCUT2D eigenvalue weighted by atomic mass is 9.95. The van der Waals surface area contributed by atoms with E-state index < -0.39 is 5.82 Å². The molecule has 0 bridgehead atoms. The number of hydrogen-bond donors (Lipinski definition) is 2. The lowest BCUT2D eigenvalue weighted by molar-refractivity contribution is 0.195. The first-order chi connectivity index (χ1) is 15.1. The minimum Gasteiger partial charge on any atom is -0.379 e. The van der Waals surface area contributed by atoms with Crippen LogP contribution in [0.4, 0.5) is 22.0 Å². The standard InChI is InChI=1S/C21H23Cl2FN6O/c22-12-8-15(23)18(16(24)9-12)28-21-27-17-10-25-20(26-13-6-7-31-11-13)29-19(17)30(21)14-4-2-1-3-5-14/h8-10,13-14H,1-7,11H2,(H,27,28)(H,25,26,29)/t13-/m0/s1. The molecule has 0 spiro atoms. The Balaban J connectivity index is 1.56. The van der Waals surface area contributed by atoms with Gasteiger partial charge in [-0.15, -0.1) is 0 Å². The average molecular weight is 465 g/mol. The summed E-state index contributed by atoms with van der Waals surface area (Å²) < 4.78 is 22.1. The molecule has 3 aromatic rings. The average Bonchev–Trinajstić information content (AvgIpc) is 3.38. The maximum atomic E-state index is 14.6. The van der Waals surface area contributed by atoms with E-state index in [2.05, 4.69) is 25.2 Å². The molecule has 0 unspecified atom stereocenters. The van der Waals surface area contributed by atoms with Crippen LogP contribution in [-0.4, -0.2) is 38.8 Å². The molecule has 7 nitrogen and oxygen atoms in total. The van der Waals surface area contributed by atoms with Crippen molar-refractivity contribution in [3.05, 3.63) is 34.2 Å². The van der Waals surface area contributed by atoms with Gasteiger partial charge in [0, 0.05) is 17.7 Å². The minimum absolute atomic E-state index is 0.146. The quantitative estimate of drug-likeness (QED) is 0.502. The molecule has 31 heavy (non-hydrogen) atoms. The van der Waals surface area contributed by atoms with E-state index in [4.69, 9.17) is 32.9 Å². The molecule has 1 saturated heterocycles. The number of anilines is 3. The molecule has 2 aliphatic rings. The molecule has 2 fully saturated rings. The smallest absolute Gasteiger partial charge is 0.225 e. The third-order valence-corrected chi connectivity index (χ3v) is 6.40. The Kier molecular flexibility index (Phi) is 5.86. The van der Waals surface area contributed by atoms with E-state index in [1.165, 1.54) is 18.6 Å². The molecule has 1 saturated carbocycles. The molecular weight excluding hydrogens is 442 g/mol. The summed E-state index contributed by atoms with van der Waals surface area (Å²) in [6.45, 7) is 1.38. The van der Waals surface area contributed by atoms with Gasteiger partial charge in [0.2, 0.25) is 11.9 Å². The van der Waals surface area contributed by atoms with Crippen molar-refractivity contribution in [2.45, 2.75) is 50.6 Å². The van der Waals surface area contributed by atoms with E-state index in [-0.39, 0.29) is 27.8 Å². The fourth-order valence-electron chi connectivity index (χ4n) is 4.34. The number of imidazole rings is 1. The number of rotatable bonds is 5. The second-order valence-electron chi connectivity index (χ2n) is 8.07. The summed E-state index contributed by atoms with van der Waals surface area (Å²) >= 11 is 12.2. The molecule has 1 atom stereocenters. The van der Waals surface area contributed by atoms with Crippen LogP contribution in [0.2, 0.25) is 10.0 Å². The van der Waals surface area contributed by atoms with Gasteiger partial charge < -0.3 is 15.4 Å². The predicted octanol–water partition coefficient (Wildman–Crippen LogP) is 5.72. The van der Waals surface area contributed by atoms with Gasteiger partial charge in [-0.2, -0.15) is 4.98 Å². The van der Waals surface area contributed by atoms with Crippen LogP contribution in [0, 0.1) is 5.82 Å². The summed E-state index contributed by atoms with van der Waals surface area (Å²) in [5.74, 6) is 0.511. The number of halogens is 3.